The molecule has 28 heavy (non-hydrogen) atoms. The maximum atomic E-state index is 13.3. The first-order chi connectivity index (χ1) is 13.6. The molecule has 1 aromatic heterocycles. The number of nitrogens with zero attached hydrogens (tertiary/aromatic N) is 3. The minimum absolute atomic E-state index is 0.103. The molecule has 1 fully saturated rings. The lowest BCUT2D eigenvalue weighted by Crippen LogP contribution is -2.17. The van der Waals surface area contributed by atoms with Crippen LogP contribution in [0.4, 0.5) is 5.13 Å². The Balaban J connectivity index is 1.62. The molecule has 0 bridgehead atoms. The maximum absolute atomic E-state index is 13.3. The Hall–Kier alpha value is -2.18. The van der Waals surface area contributed by atoms with Gasteiger partial charge in [-0.05, 0) is 32.3 Å². The number of Topliss-reactive ketones (excluding diaryl/α,β-unsaturated/α-hetero) is 1. The van der Waals surface area contributed by atoms with Crippen LogP contribution >= 0.6 is 23.1 Å². The van der Waals surface area contributed by atoms with Gasteiger partial charge in [0.05, 0.1) is 5.25 Å². The number of ketones is 1. The van der Waals surface area contributed by atoms with Crippen LogP contribution in [0.3, 0.4) is 0 Å². The zero-order chi connectivity index (χ0) is 19.5. The molecule has 4 rings (SSSR count). The van der Waals surface area contributed by atoms with E-state index in [2.05, 4.69) is 34.2 Å². The molecule has 4 nitrogen and oxygen atoms in total. The average Bonchev–Trinajstić information content (AvgIpc) is 3.39. The summed E-state index contributed by atoms with van der Waals surface area (Å²) in [6.45, 7) is 6.17. The van der Waals surface area contributed by atoms with E-state index in [0.29, 0.717) is 0 Å². The van der Waals surface area contributed by atoms with Crippen LogP contribution in [0.15, 0.2) is 52.9 Å². The van der Waals surface area contributed by atoms with E-state index in [1.54, 1.807) is 11.3 Å². The van der Waals surface area contributed by atoms with Crippen LogP contribution in [0.5, 0.6) is 0 Å². The molecular formula is C22H23N3OS2. The van der Waals surface area contributed by atoms with Crippen LogP contribution in [0.1, 0.15) is 45.1 Å². The van der Waals surface area contributed by atoms with E-state index in [1.165, 1.54) is 30.2 Å². The minimum Gasteiger partial charge on any atom is -0.347 e. The van der Waals surface area contributed by atoms with Crippen LogP contribution in [-0.4, -0.2) is 29.1 Å². The zero-order valence-corrected chi connectivity index (χ0v) is 17.7. The van der Waals surface area contributed by atoms with Gasteiger partial charge in [-0.2, -0.15) is 0 Å². The summed E-state index contributed by atoms with van der Waals surface area (Å²) in [5.41, 5.74) is 4.06. The second kappa shape index (κ2) is 8.45. The third-order valence-electron chi connectivity index (χ3n) is 4.95. The van der Waals surface area contributed by atoms with Crippen molar-refractivity contribution in [2.75, 3.05) is 18.0 Å². The molecule has 144 valence electrons. The fourth-order valence-corrected chi connectivity index (χ4v) is 5.43. The summed E-state index contributed by atoms with van der Waals surface area (Å²) in [5.74, 6) is 0.103. The monoisotopic (exact) mass is 409 g/mol. The quantitative estimate of drug-likeness (QED) is 0.399. The Labute approximate surface area is 174 Å². The highest BCUT2D eigenvalue weighted by molar-refractivity contribution is 8.02. The zero-order valence-electron chi connectivity index (χ0n) is 16.1. The van der Waals surface area contributed by atoms with Gasteiger partial charge < -0.3 is 4.90 Å². The normalized spacial score (nSPS) is 15.0. The summed E-state index contributed by atoms with van der Waals surface area (Å²) in [4.78, 5) is 15.6. The number of thioether (sulfide) groups is 1. The van der Waals surface area contributed by atoms with E-state index in [4.69, 9.17) is 0 Å². The Kier molecular flexibility index (Phi) is 5.78. The van der Waals surface area contributed by atoms with Crippen molar-refractivity contribution < 1.29 is 4.79 Å². The Morgan fingerprint density at radius 2 is 1.57 bits per heavy atom. The van der Waals surface area contributed by atoms with Gasteiger partial charge in [0, 0.05) is 18.7 Å². The molecule has 6 heteroatoms. The number of rotatable bonds is 6. The van der Waals surface area contributed by atoms with E-state index in [1.807, 2.05) is 43.3 Å². The van der Waals surface area contributed by atoms with Crippen LogP contribution in [0.2, 0.25) is 0 Å². The number of anilines is 1. The van der Waals surface area contributed by atoms with E-state index in [0.717, 1.165) is 39.3 Å². The van der Waals surface area contributed by atoms with Gasteiger partial charge in [0.15, 0.2) is 10.1 Å². The third-order valence-corrected chi connectivity index (χ3v) is 7.27. The molecule has 1 saturated heterocycles. The highest BCUT2D eigenvalue weighted by Gasteiger charge is 2.26. The van der Waals surface area contributed by atoms with E-state index in [9.17, 15) is 4.79 Å². The van der Waals surface area contributed by atoms with Crippen molar-refractivity contribution in [1.29, 1.82) is 0 Å². The molecule has 1 aliphatic heterocycles. The molecule has 2 heterocycles. The topological polar surface area (TPSA) is 46.1 Å². The number of aromatic nitrogens is 2. The van der Waals surface area contributed by atoms with Crippen molar-refractivity contribution in [1.82, 2.24) is 10.2 Å². The van der Waals surface area contributed by atoms with Crippen LogP contribution in [0, 0.1) is 13.8 Å². The van der Waals surface area contributed by atoms with Crippen LogP contribution in [-0.2, 0) is 0 Å². The standard InChI is InChI=1S/C22H23N3OS2/c1-15-5-9-17(10-6-15)19(26)20(18-11-7-16(2)8-12-18)27-22-24-23-21(28-22)25-13-3-4-14-25/h5-12,20H,3-4,13-14H2,1-2H3/t20-/m0/s1. The van der Waals surface area contributed by atoms with Crippen LogP contribution in [0.25, 0.3) is 0 Å². The molecule has 0 radical (unpaired) electrons. The summed E-state index contributed by atoms with van der Waals surface area (Å²) in [7, 11) is 0. The SMILES string of the molecule is Cc1ccc(C(=O)[C@@H](Sc2nnc(N3CCCC3)s2)c2ccc(C)cc2)cc1. The molecule has 0 spiro atoms. The molecular weight excluding hydrogens is 386 g/mol. The predicted octanol–water partition coefficient (Wildman–Crippen LogP) is 5.47. The number of aryl methyl sites for hydroxylation is 2. The molecule has 0 saturated carbocycles. The lowest BCUT2D eigenvalue weighted by molar-refractivity contribution is 0.0989. The molecule has 1 aliphatic rings. The summed E-state index contributed by atoms with van der Waals surface area (Å²) in [6, 6.07) is 16.0. The summed E-state index contributed by atoms with van der Waals surface area (Å²) < 4.78 is 0.841. The first kappa shape index (κ1) is 19.2. The van der Waals surface area contributed by atoms with Gasteiger partial charge in [0.2, 0.25) is 5.13 Å². The molecule has 3 aromatic rings. The van der Waals surface area contributed by atoms with E-state index < -0.39 is 0 Å². The van der Waals surface area contributed by atoms with Crippen molar-refractivity contribution in [2.24, 2.45) is 0 Å². The first-order valence-electron chi connectivity index (χ1n) is 9.53. The molecule has 0 aliphatic carbocycles. The summed E-state index contributed by atoms with van der Waals surface area (Å²) in [5, 5.41) is 9.37. The molecule has 2 aromatic carbocycles. The van der Waals surface area contributed by atoms with Crippen molar-refractivity contribution >= 4 is 34.0 Å². The number of hydrogen-bond donors (Lipinski definition) is 0. The third kappa shape index (κ3) is 4.28. The van der Waals surface area contributed by atoms with E-state index >= 15 is 0 Å². The van der Waals surface area contributed by atoms with Crippen molar-refractivity contribution in [3.8, 4) is 0 Å². The van der Waals surface area contributed by atoms with Gasteiger partial charge in [-0.15, -0.1) is 10.2 Å². The molecule has 0 amide bonds. The van der Waals surface area contributed by atoms with Gasteiger partial charge in [-0.25, -0.2) is 0 Å². The Morgan fingerprint density at radius 1 is 0.964 bits per heavy atom. The highest BCUT2D eigenvalue weighted by atomic mass is 32.2. The van der Waals surface area contributed by atoms with Gasteiger partial charge in [0.25, 0.3) is 0 Å². The fraction of sp³-hybridized carbons (Fsp3) is 0.318. The smallest absolute Gasteiger partial charge is 0.209 e. The van der Waals surface area contributed by atoms with Crippen molar-refractivity contribution in [3.05, 3.63) is 70.8 Å². The molecule has 0 N–H and O–H groups in total. The molecule has 1 atom stereocenters. The van der Waals surface area contributed by atoms with Crippen molar-refractivity contribution in [3.63, 3.8) is 0 Å². The predicted molar refractivity (Wildman–Crippen MR) is 117 cm³/mol. The second-order valence-electron chi connectivity index (χ2n) is 7.18. The molecule has 0 unspecified atom stereocenters. The second-order valence-corrected chi connectivity index (χ2v) is 9.49. The van der Waals surface area contributed by atoms with Gasteiger partial charge in [0.1, 0.15) is 0 Å². The Bertz CT molecular complexity index is 945. The van der Waals surface area contributed by atoms with Crippen molar-refractivity contribution in [2.45, 2.75) is 36.3 Å². The minimum atomic E-state index is -0.331. The summed E-state index contributed by atoms with van der Waals surface area (Å²) >= 11 is 3.09. The van der Waals surface area contributed by atoms with E-state index in [-0.39, 0.29) is 11.0 Å². The average molecular weight is 410 g/mol. The first-order valence-corrected chi connectivity index (χ1v) is 11.2. The summed E-state index contributed by atoms with van der Waals surface area (Å²) in [6.07, 6.45) is 2.42. The Morgan fingerprint density at radius 3 is 2.21 bits per heavy atom. The lowest BCUT2D eigenvalue weighted by Gasteiger charge is -2.15. The van der Waals surface area contributed by atoms with Crippen LogP contribution < -0.4 is 4.90 Å². The largest absolute Gasteiger partial charge is 0.347 e. The number of benzene rings is 2. The fourth-order valence-electron chi connectivity index (χ4n) is 3.27. The number of hydrogen-bond acceptors (Lipinski definition) is 6. The number of carbonyl (C=O) groups is 1. The van der Waals surface area contributed by atoms with Gasteiger partial charge >= 0.3 is 0 Å². The maximum Gasteiger partial charge on any atom is 0.209 e. The van der Waals surface area contributed by atoms with Gasteiger partial charge in [-0.3, -0.25) is 4.79 Å². The van der Waals surface area contributed by atoms with Gasteiger partial charge in [-0.1, -0.05) is 82.8 Å². The highest BCUT2D eigenvalue weighted by Crippen LogP contribution is 2.41. The number of carbonyl (C=O) groups excluding carboxylic acids is 1. The lowest BCUT2D eigenvalue weighted by atomic mass is 10.0.